The Labute approximate surface area is 169 Å². The van der Waals surface area contributed by atoms with E-state index in [2.05, 4.69) is 41.5 Å². The molecule has 1 aromatic heterocycles. The van der Waals surface area contributed by atoms with Gasteiger partial charge in [0.05, 0.1) is 12.7 Å². The third-order valence-corrected chi connectivity index (χ3v) is 3.86. The van der Waals surface area contributed by atoms with Crippen LogP contribution in [0.3, 0.4) is 0 Å². The first-order chi connectivity index (χ1) is 11.1. The SMILES string of the molecule is CCNC(=NCC(C)(O)c1cnn(C)c1)NCCCCC(C)(C)C.I. The van der Waals surface area contributed by atoms with Crippen LogP contribution in [0.1, 0.15) is 59.4 Å². The number of aliphatic hydroxyl groups is 1. The topological polar surface area (TPSA) is 74.5 Å². The molecule has 0 spiro atoms. The Morgan fingerprint density at radius 2 is 1.92 bits per heavy atom. The molecule has 25 heavy (non-hydrogen) atoms. The summed E-state index contributed by atoms with van der Waals surface area (Å²) in [6.45, 7) is 12.6. The Kier molecular flexibility index (Phi) is 10.6. The standard InChI is InChI=1S/C18H35N5O.HI/c1-7-19-16(20-11-9-8-10-17(2,3)4)21-14-18(5,24)15-12-22-23(6)13-15;/h12-13,24H,7-11,14H2,1-6H3,(H2,19,20,21);1H. The Morgan fingerprint density at radius 1 is 1.24 bits per heavy atom. The number of aryl methyl sites for hydroxylation is 1. The molecule has 1 atom stereocenters. The van der Waals surface area contributed by atoms with E-state index in [0.29, 0.717) is 5.41 Å². The molecule has 1 aromatic rings. The molecule has 0 bridgehead atoms. The van der Waals surface area contributed by atoms with Gasteiger partial charge in [-0.05, 0) is 32.1 Å². The molecule has 0 amide bonds. The van der Waals surface area contributed by atoms with Crippen LogP contribution in [0.4, 0.5) is 0 Å². The maximum atomic E-state index is 10.6. The molecule has 146 valence electrons. The molecule has 0 aromatic carbocycles. The summed E-state index contributed by atoms with van der Waals surface area (Å²) in [5.74, 6) is 0.748. The summed E-state index contributed by atoms with van der Waals surface area (Å²) >= 11 is 0. The molecular weight excluding hydrogens is 429 g/mol. The summed E-state index contributed by atoms with van der Waals surface area (Å²) in [6.07, 6.45) is 7.03. The molecule has 0 aliphatic heterocycles. The van der Waals surface area contributed by atoms with E-state index in [0.717, 1.165) is 31.0 Å². The molecule has 0 aliphatic rings. The van der Waals surface area contributed by atoms with Crippen LogP contribution in [0.2, 0.25) is 0 Å². The van der Waals surface area contributed by atoms with Gasteiger partial charge in [-0.25, -0.2) is 4.99 Å². The smallest absolute Gasteiger partial charge is 0.191 e. The second-order valence-corrected chi connectivity index (χ2v) is 7.82. The molecule has 0 fully saturated rings. The third kappa shape index (κ3) is 10.0. The van der Waals surface area contributed by atoms with E-state index < -0.39 is 5.60 Å². The fraction of sp³-hybridized carbons (Fsp3) is 0.778. The average molecular weight is 465 g/mol. The van der Waals surface area contributed by atoms with Gasteiger partial charge < -0.3 is 15.7 Å². The maximum Gasteiger partial charge on any atom is 0.191 e. The Bertz CT molecular complexity index is 520. The Morgan fingerprint density at radius 3 is 2.44 bits per heavy atom. The third-order valence-electron chi connectivity index (χ3n) is 3.86. The lowest BCUT2D eigenvalue weighted by Gasteiger charge is -2.21. The van der Waals surface area contributed by atoms with Crippen molar-refractivity contribution >= 4 is 29.9 Å². The molecular formula is C18H36IN5O. The van der Waals surface area contributed by atoms with E-state index in [1.807, 2.05) is 20.2 Å². The molecule has 0 aliphatic carbocycles. The lowest BCUT2D eigenvalue weighted by atomic mass is 9.90. The molecule has 6 nitrogen and oxygen atoms in total. The summed E-state index contributed by atoms with van der Waals surface area (Å²) in [4.78, 5) is 4.52. The minimum atomic E-state index is -1.02. The lowest BCUT2D eigenvalue weighted by molar-refractivity contribution is 0.0672. The minimum Gasteiger partial charge on any atom is -0.383 e. The first-order valence-electron chi connectivity index (χ1n) is 8.88. The fourth-order valence-corrected chi connectivity index (χ4v) is 2.35. The number of nitrogens with one attached hydrogen (secondary N) is 2. The number of hydrogen-bond donors (Lipinski definition) is 3. The Hall–Kier alpha value is -0.830. The number of nitrogens with zero attached hydrogens (tertiary/aromatic N) is 3. The van der Waals surface area contributed by atoms with Crippen LogP contribution in [-0.2, 0) is 12.6 Å². The van der Waals surface area contributed by atoms with Crippen molar-refractivity contribution in [2.45, 2.75) is 59.5 Å². The largest absolute Gasteiger partial charge is 0.383 e. The molecule has 0 saturated carbocycles. The van der Waals surface area contributed by atoms with Crippen molar-refractivity contribution in [3.05, 3.63) is 18.0 Å². The number of rotatable bonds is 8. The molecule has 0 saturated heterocycles. The van der Waals surface area contributed by atoms with Gasteiger partial charge >= 0.3 is 0 Å². The summed E-state index contributed by atoms with van der Waals surface area (Å²) in [5.41, 5.74) is 0.138. The van der Waals surface area contributed by atoms with Crippen molar-refractivity contribution in [1.82, 2.24) is 20.4 Å². The molecule has 0 radical (unpaired) electrons. The van der Waals surface area contributed by atoms with E-state index in [9.17, 15) is 5.11 Å². The molecule has 1 rings (SSSR count). The predicted molar refractivity (Wildman–Crippen MR) is 115 cm³/mol. The Balaban J connectivity index is 0.00000576. The maximum absolute atomic E-state index is 10.6. The van der Waals surface area contributed by atoms with Crippen LogP contribution in [0, 0.1) is 5.41 Å². The number of guanidine groups is 1. The monoisotopic (exact) mass is 465 g/mol. The van der Waals surface area contributed by atoms with Gasteiger partial charge in [0.2, 0.25) is 0 Å². The highest BCUT2D eigenvalue weighted by atomic mass is 127. The highest BCUT2D eigenvalue weighted by Crippen LogP contribution is 2.21. The summed E-state index contributed by atoms with van der Waals surface area (Å²) in [7, 11) is 1.84. The lowest BCUT2D eigenvalue weighted by Crippen LogP contribution is -2.39. The van der Waals surface area contributed by atoms with Crippen molar-refractivity contribution in [2.75, 3.05) is 19.6 Å². The van der Waals surface area contributed by atoms with Crippen LogP contribution < -0.4 is 10.6 Å². The number of unbranched alkanes of at least 4 members (excludes halogenated alkanes) is 1. The quantitative estimate of drug-likeness (QED) is 0.239. The molecule has 7 heteroatoms. The zero-order chi connectivity index (χ0) is 18.2. The fourth-order valence-electron chi connectivity index (χ4n) is 2.35. The van der Waals surface area contributed by atoms with Crippen molar-refractivity contribution in [1.29, 1.82) is 0 Å². The van der Waals surface area contributed by atoms with Crippen LogP contribution in [-0.4, -0.2) is 40.5 Å². The van der Waals surface area contributed by atoms with Crippen molar-refractivity contribution < 1.29 is 5.11 Å². The summed E-state index contributed by atoms with van der Waals surface area (Å²) in [6, 6.07) is 0. The minimum absolute atomic E-state index is 0. The van der Waals surface area contributed by atoms with Gasteiger partial charge in [0.1, 0.15) is 5.60 Å². The van der Waals surface area contributed by atoms with Crippen LogP contribution in [0.5, 0.6) is 0 Å². The normalized spacial score (nSPS) is 14.6. The second kappa shape index (κ2) is 11.0. The molecule has 1 unspecified atom stereocenters. The number of hydrogen-bond acceptors (Lipinski definition) is 3. The number of aliphatic imine (C=N–C) groups is 1. The molecule has 3 N–H and O–H groups in total. The number of aromatic nitrogens is 2. The van der Waals surface area contributed by atoms with Gasteiger partial charge in [-0.2, -0.15) is 5.10 Å². The van der Waals surface area contributed by atoms with E-state index in [1.165, 1.54) is 12.8 Å². The summed E-state index contributed by atoms with van der Waals surface area (Å²) in [5, 5.41) is 21.3. The highest BCUT2D eigenvalue weighted by molar-refractivity contribution is 14.0. The first-order valence-corrected chi connectivity index (χ1v) is 8.88. The van der Waals surface area contributed by atoms with E-state index in [-0.39, 0.29) is 30.5 Å². The van der Waals surface area contributed by atoms with Gasteiger partial charge in [-0.15, -0.1) is 24.0 Å². The van der Waals surface area contributed by atoms with Crippen molar-refractivity contribution in [3.63, 3.8) is 0 Å². The van der Waals surface area contributed by atoms with Crippen LogP contribution in [0.15, 0.2) is 17.4 Å². The highest BCUT2D eigenvalue weighted by Gasteiger charge is 2.24. The van der Waals surface area contributed by atoms with E-state index in [1.54, 1.807) is 17.8 Å². The first kappa shape index (κ1) is 24.2. The number of halogens is 1. The second-order valence-electron chi connectivity index (χ2n) is 7.82. The van der Waals surface area contributed by atoms with Crippen molar-refractivity contribution in [2.24, 2.45) is 17.5 Å². The van der Waals surface area contributed by atoms with Crippen LogP contribution in [0.25, 0.3) is 0 Å². The van der Waals surface area contributed by atoms with E-state index >= 15 is 0 Å². The van der Waals surface area contributed by atoms with Gasteiger partial charge in [0.15, 0.2) is 5.96 Å². The van der Waals surface area contributed by atoms with E-state index in [4.69, 9.17) is 0 Å². The van der Waals surface area contributed by atoms with Gasteiger partial charge in [-0.1, -0.05) is 27.2 Å². The average Bonchev–Trinajstić information content (AvgIpc) is 2.90. The van der Waals surface area contributed by atoms with Gasteiger partial charge in [0, 0.05) is 31.9 Å². The molecule has 1 heterocycles. The predicted octanol–water partition coefficient (Wildman–Crippen LogP) is 3.02. The zero-order valence-corrected chi connectivity index (χ0v) is 18.9. The van der Waals surface area contributed by atoms with Gasteiger partial charge in [0.25, 0.3) is 0 Å². The van der Waals surface area contributed by atoms with Crippen LogP contribution >= 0.6 is 24.0 Å². The summed E-state index contributed by atoms with van der Waals surface area (Å²) < 4.78 is 1.69. The zero-order valence-electron chi connectivity index (χ0n) is 16.6. The van der Waals surface area contributed by atoms with Gasteiger partial charge in [-0.3, -0.25) is 4.68 Å². The van der Waals surface area contributed by atoms with Crippen molar-refractivity contribution in [3.8, 4) is 0 Å².